The number of nitrogens with zero attached hydrogens (tertiary/aromatic N) is 3. The third-order valence-corrected chi connectivity index (χ3v) is 7.57. The van der Waals surface area contributed by atoms with Crippen LogP contribution >= 0.6 is 11.8 Å². The number of amides is 1. The van der Waals surface area contributed by atoms with E-state index in [1.54, 1.807) is 0 Å². The Labute approximate surface area is 195 Å². The third-order valence-electron chi connectivity index (χ3n) is 6.62. The first-order valence-electron chi connectivity index (χ1n) is 11.9. The van der Waals surface area contributed by atoms with Crippen molar-refractivity contribution < 1.29 is 4.79 Å². The zero-order valence-electron chi connectivity index (χ0n) is 19.4. The summed E-state index contributed by atoms with van der Waals surface area (Å²) in [6.45, 7) is 6.30. The van der Waals surface area contributed by atoms with E-state index in [4.69, 9.17) is 0 Å². The fraction of sp³-hybridized carbons (Fsp3) is 0.500. The van der Waals surface area contributed by atoms with Crippen LogP contribution in [-0.4, -0.2) is 32.5 Å². The Balaban J connectivity index is 1.57. The molecule has 1 amide bonds. The van der Waals surface area contributed by atoms with E-state index in [0.29, 0.717) is 17.7 Å². The molecule has 1 unspecified atom stereocenters. The zero-order valence-corrected chi connectivity index (χ0v) is 20.2. The lowest BCUT2D eigenvalue weighted by Gasteiger charge is -2.26. The van der Waals surface area contributed by atoms with E-state index in [2.05, 4.69) is 83.3 Å². The molecule has 0 bridgehead atoms. The van der Waals surface area contributed by atoms with E-state index in [0.717, 1.165) is 30.2 Å². The average Bonchev–Trinajstić information content (AvgIpc) is 3.21. The molecule has 0 spiro atoms. The largest absolute Gasteiger partial charge is 0.353 e. The van der Waals surface area contributed by atoms with Crippen LogP contribution in [0.25, 0.3) is 10.8 Å². The number of nitrogens with one attached hydrogen (secondary N) is 1. The van der Waals surface area contributed by atoms with Crippen LogP contribution in [0.1, 0.15) is 70.3 Å². The Morgan fingerprint density at radius 3 is 2.59 bits per heavy atom. The highest BCUT2D eigenvalue weighted by atomic mass is 32.2. The van der Waals surface area contributed by atoms with Gasteiger partial charge in [-0.1, -0.05) is 87.3 Å². The van der Waals surface area contributed by atoms with E-state index in [1.165, 1.54) is 47.4 Å². The van der Waals surface area contributed by atoms with Crippen LogP contribution in [0, 0.1) is 5.92 Å². The van der Waals surface area contributed by atoms with E-state index in [9.17, 15) is 4.79 Å². The number of thioether (sulfide) groups is 1. The maximum Gasteiger partial charge on any atom is 0.230 e. The van der Waals surface area contributed by atoms with Gasteiger partial charge < -0.3 is 9.88 Å². The molecule has 0 radical (unpaired) electrons. The average molecular weight is 451 g/mol. The van der Waals surface area contributed by atoms with Gasteiger partial charge in [-0.3, -0.25) is 4.79 Å². The van der Waals surface area contributed by atoms with Gasteiger partial charge in [0.2, 0.25) is 5.91 Å². The Kier molecular flexibility index (Phi) is 7.51. The van der Waals surface area contributed by atoms with Gasteiger partial charge in [0, 0.05) is 18.5 Å². The maximum atomic E-state index is 12.5. The standard InChI is InChI=1S/C26H34N4OS/c1-18(2)19(3)27-25(31)17-32-26-29-28-24(30(26)22-13-5-4-6-14-22)16-21-12-9-11-20-10-7-8-15-23(20)21/h7-12,15,18-19,22H,4-6,13-14,16-17H2,1-3H3,(H,27,31). The van der Waals surface area contributed by atoms with Crippen molar-refractivity contribution in [2.45, 2.75) is 76.5 Å². The highest BCUT2D eigenvalue weighted by molar-refractivity contribution is 7.99. The van der Waals surface area contributed by atoms with E-state index in [1.807, 2.05) is 0 Å². The molecule has 1 aliphatic carbocycles. The number of fused-ring (bicyclic) bond motifs is 1. The summed E-state index contributed by atoms with van der Waals surface area (Å²) in [7, 11) is 0. The smallest absolute Gasteiger partial charge is 0.230 e. The molecule has 1 atom stereocenters. The third kappa shape index (κ3) is 5.34. The summed E-state index contributed by atoms with van der Waals surface area (Å²) in [4.78, 5) is 12.5. The van der Waals surface area contributed by atoms with Crippen LogP contribution in [-0.2, 0) is 11.2 Å². The molecule has 2 aromatic carbocycles. The molecule has 1 aromatic heterocycles. The van der Waals surface area contributed by atoms with Crippen molar-refractivity contribution in [3.8, 4) is 0 Å². The molecule has 1 N–H and O–H groups in total. The Bertz CT molecular complexity index is 1050. The first-order chi connectivity index (χ1) is 15.5. The van der Waals surface area contributed by atoms with Gasteiger partial charge in [0.25, 0.3) is 0 Å². The quantitative estimate of drug-likeness (QED) is 0.442. The fourth-order valence-corrected chi connectivity index (χ4v) is 5.28. The highest BCUT2D eigenvalue weighted by Gasteiger charge is 2.24. The summed E-state index contributed by atoms with van der Waals surface area (Å²) in [5.74, 6) is 1.86. The van der Waals surface area contributed by atoms with Gasteiger partial charge in [0.1, 0.15) is 5.82 Å². The molecule has 0 saturated heterocycles. The number of benzene rings is 2. The van der Waals surface area contributed by atoms with Crippen LogP contribution in [0.2, 0.25) is 0 Å². The second kappa shape index (κ2) is 10.5. The Hall–Kier alpha value is -2.34. The van der Waals surface area contributed by atoms with Crippen molar-refractivity contribution in [1.29, 1.82) is 0 Å². The minimum atomic E-state index is 0.0602. The van der Waals surface area contributed by atoms with Gasteiger partial charge >= 0.3 is 0 Å². The summed E-state index contributed by atoms with van der Waals surface area (Å²) < 4.78 is 2.34. The van der Waals surface area contributed by atoms with Gasteiger partial charge in [-0.15, -0.1) is 10.2 Å². The molecule has 6 heteroatoms. The number of carbonyl (C=O) groups is 1. The molecule has 1 aliphatic rings. The number of aromatic nitrogens is 3. The molecule has 4 rings (SSSR count). The van der Waals surface area contributed by atoms with Crippen molar-refractivity contribution in [2.24, 2.45) is 5.92 Å². The lowest BCUT2D eigenvalue weighted by Crippen LogP contribution is -2.37. The Morgan fingerprint density at radius 2 is 1.81 bits per heavy atom. The summed E-state index contributed by atoms with van der Waals surface area (Å²) >= 11 is 1.51. The van der Waals surface area contributed by atoms with Crippen molar-refractivity contribution in [2.75, 3.05) is 5.75 Å². The maximum absolute atomic E-state index is 12.5. The summed E-state index contributed by atoms with van der Waals surface area (Å²) in [5, 5.41) is 15.7. The lowest BCUT2D eigenvalue weighted by molar-refractivity contribution is -0.119. The van der Waals surface area contributed by atoms with E-state index < -0.39 is 0 Å². The molecule has 5 nitrogen and oxygen atoms in total. The van der Waals surface area contributed by atoms with Crippen molar-refractivity contribution in [1.82, 2.24) is 20.1 Å². The lowest BCUT2D eigenvalue weighted by atomic mass is 9.95. The van der Waals surface area contributed by atoms with Gasteiger partial charge in [-0.2, -0.15) is 0 Å². The second-order valence-electron chi connectivity index (χ2n) is 9.26. The molecular weight excluding hydrogens is 416 g/mol. The van der Waals surface area contributed by atoms with Crippen LogP contribution in [0.5, 0.6) is 0 Å². The summed E-state index contributed by atoms with van der Waals surface area (Å²) in [5.41, 5.74) is 1.27. The normalized spacial score (nSPS) is 15.9. The summed E-state index contributed by atoms with van der Waals surface area (Å²) in [6, 6.07) is 15.6. The number of hydrogen-bond acceptors (Lipinski definition) is 4. The summed E-state index contributed by atoms with van der Waals surface area (Å²) in [6.07, 6.45) is 6.85. The van der Waals surface area contributed by atoms with Gasteiger partial charge in [0.05, 0.1) is 5.75 Å². The van der Waals surface area contributed by atoms with Crippen LogP contribution in [0.4, 0.5) is 0 Å². The molecule has 0 aliphatic heterocycles. The minimum absolute atomic E-state index is 0.0602. The molecule has 170 valence electrons. The monoisotopic (exact) mass is 450 g/mol. The number of hydrogen-bond donors (Lipinski definition) is 1. The number of rotatable bonds is 8. The number of carbonyl (C=O) groups excluding carboxylic acids is 1. The SMILES string of the molecule is CC(C)C(C)NC(=O)CSc1nnc(Cc2cccc3ccccc23)n1C1CCCCC1. The Morgan fingerprint density at radius 1 is 1.06 bits per heavy atom. The van der Waals surface area contributed by atoms with Gasteiger partial charge in [-0.25, -0.2) is 0 Å². The minimum Gasteiger partial charge on any atom is -0.353 e. The van der Waals surface area contributed by atoms with Crippen molar-refractivity contribution >= 4 is 28.4 Å². The van der Waals surface area contributed by atoms with E-state index in [-0.39, 0.29) is 11.9 Å². The first kappa shape index (κ1) is 22.8. The van der Waals surface area contributed by atoms with Crippen LogP contribution in [0.15, 0.2) is 47.6 Å². The van der Waals surface area contributed by atoms with E-state index >= 15 is 0 Å². The molecule has 32 heavy (non-hydrogen) atoms. The second-order valence-corrected chi connectivity index (χ2v) is 10.2. The predicted molar refractivity (Wildman–Crippen MR) is 132 cm³/mol. The fourth-order valence-electron chi connectivity index (χ4n) is 4.44. The molecule has 1 heterocycles. The van der Waals surface area contributed by atoms with Crippen molar-refractivity contribution in [3.05, 3.63) is 53.9 Å². The van der Waals surface area contributed by atoms with Gasteiger partial charge in [-0.05, 0) is 42.0 Å². The predicted octanol–water partition coefficient (Wildman–Crippen LogP) is 5.78. The van der Waals surface area contributed by atoms with Gasteiger partial charge in [0.15, 0.2) is 5.16 Å². The molecule has 1 saturated carbocycles. The van der Waals surface area contributed by atoms with Crippen LogP contribution in [0.3, 0.4) is 0 Å². The zero-order chi connectivity index (χ0) is 22.5. The van der Waals surface area contributed by atoms with Crippen molar-refractivity contribution in [3.63, 3.8) is 0 Å². The first-order valence-corrected chi connectivity index (χ1v) is 12.8. The molecular formula is C26H34N4OS. The molecule has 1 fully saturated rings. The highest BCUT2D eigenvalue weighted by Crippen LogP contribution is 2.33. The van der Waals surface area contributed by atoms with Crippen LogP contribution < -0.4 is 5.32 Å². The molecule has 3 aromatic rings. The topological polar surface area (TPSA) is 59.8 Å².